The lowest BCUT2D eigenvalue weighted by Gasteiger charge is -2.24. The first-order valence-corrected chi connectivity index (χ1v) is 10.6. The number of aryl methyl sites for hydroxylation is 2. The third kappa shape index (κ3) is 4.80. The summed E-state index contributed by atoms with van der Waals surface area (Å²) in [6, 6.07) is 33.8. The predicted molar refractivity (Wildman–Crippen MR) is 127 cm³/mol. The summed E-state index contributed by atoms with van der Waals surface area (Å²) in [5.74, 6) is 1.68. The van der Waals surface area contributed by atoms with Crippen molar-refractivity contribution in [3.05, 3.63) is 130 Å². The second-order valence-electron chi connectivity index (χ2n) is 7.90. The van der Waals surface area contributed by atoms with Gasteiger partial charge >= 0.3 is 0 Å². The minimum atomic E-state index is 0.00289. The van der Waals surface area contributed by atoms with Crippen LogP contribution in [0.1, 0.15) is 39.3 Å². The summed E-state index contributed by atoms with van der Waals surface area (Å²) in [5, 5.41) is 0. The van der Waals surface area contributed by atoms with Crippen LogP contribution in [0.4, 0.5) is 0 Å². The molecule has 0 bridgehead atoms. The van der Waals surface area contributed by atoms with Crippen molar-refractivity contribution < 1.29 is 9.47 Å². The molecule has 0 saturated carbocycles. The summed E-state index contributed by atoms with van der Waals surface area (Å²) >= 11 is 0. The molecular formula is C29H28O2. The number of methoxy groups -OCH3 is 1. The molecular weight excluding hydrogens is 380 g/mol. The molecule has 0 amide bonds. The lowest BCUT2D eigenvalue weighted by molar-refractivity contribution is 0.299. The second-order valence-corrected chi connectivity index (χ2v) is 7.90. The van der Waals surface area contributed by atoms with Gasteiger partial charge in [0.05, 0.1) is 7.11 Å². The maximum absolute atomic E-state index is 6.36. The Kier molecular flexibility index (Phi) is 6.37. The Balaban J connectivity index is 1.83. The summed E-state index contributed by atoms with van der Waals surface area (Å²) in [5.41, 5.74) is 7.10. The van der Waals surface area contributed by atoms with Gasteiger partial charge in [-0.25, -0.2) is 0 Å². The summed E-state index contributed by atoms with van der Waals surface area (Å²) < 4.78 is 12.2. The zero-order valence-electron chi connectivity index (χ0n) is 18.3. The van der Waals surface area contributed by atoms with Crippen LogP contribution < -0.4 is 9.47 Å². The van der Waals surface area contributed by atoms with Gasteiger partial charge in [0.2, 0.25) is 0 Å². The highest BCUT2D eigenvalue weighted by molar-refractivity contribution is 5.56. The molecule has 0 N–H and O–H groups in total. The van der Waals surface area contributed by atoms with Crippen molar-refractivity contribution >= 4 is 0 Å². The third-order valence-corrected chi connectivity index (χ3v) is 5.59. The topological polar surface area (TPSA) is 18.5 Å². The van der Waals surface area contributed by atoms with Crippen molar-refractivity contribution in [2.75, 3.05) is 7.11 Å². The van der Waals surface area contributed by atoms with Gasteiger partial charge in [0.15, 0.2) is 0 Å². The van der Waals surface area contributed by atoms with Gasteiger partial charge in [0, 0.05) is 11.5 Å². The Morgan fingerprint density at radius 2 is 1.16 bits per heavy atom. The Hall–Kier alpha value is -3.52. The van der Waals surface area contributed by atoms with Gasteiger partial charge in [-0.1, -0.05) is 96.1 Å². The number of ether oxygens (including phenoxy) is 2. The van der Waals surface area contributed by atoms with E-state index in [-0.39, 0.29) is 5.92 Å². The van der Waals surface area contributed by atoms with E-state index in [0.717, 1.165) is 22.6 Å². The van der Waals surface area contributed by atoms with Crippen molar-refractivity contribution in [2.45, 2.75) is 26.4 Å². The van der Waals surface area contributed by atoms with E-state index in [1.807, 2.05) is 36.4 Å². The summed E-state index contributed by atoms with van der Waals surface area (Å²) in [7, 11) is 1.72. The fraction of sp³-hybridized carbons (Fsp3) is 0.172. The minimum absolute atomic E-state index is 0.00289. The predicted octanol–water partition coefficient (Wildman–Crippen LogP) is 7.07. The molecule has 0 aliphatic heterocycles. The van der Waals surface area contributed by atoms with E-state index in [0.29, 0.717) is 6.61 Å². The molecule has 4 rings (SSSR count). The van der Waals surface area contributed by atoms with Gasteiger partial charge < -0.3 is 9.47 Å². The minimum Gasteiger partial charge on any atom is -0.496 e. The largest absolute Gasteiger partial charge is 0.496 e. The Labute approximate surface area is 185 Å². The molecule has 31 heavy (non-hydrogen) atoms. The van der Waals surface area contributed by atoms with Gasteiger partial charge in [-0.3, -0.25) is 0 Å². The lowest BCUT2D eigenvalue weighted by atomic mass is 9.83. The van der Waals surface area contributed by atoms with Crippen molar-refractivity contribution in [1.29, 1.82) is 0 Å². The molecule has 2 heteroatoms. The highest BCUT2D eigenvalue weighted by atomic mass is 16.5. The normalized spacial score (nSPS) is 10.8. The average molecular weight is 409 g/mol. The molecule has 0 spiro atoms. The molecule has 0 heterocycles. The first-order chi connectivity index (χ1) is 15.2. The zero-order valence-corrected chi connectivity index (χ0v) is 18.3. The Morgan fingerprint density at radius 1 is 0.613 bits per heavy atom. The van der Waals surface area contributed by atoms with E-state index in [4.69, 9.17) is 9.47 Å². The molecule has 0 unspecified atom stereocenters. The number of hydrogen-bond donors (Lipinski definition) is 0. The van der Waals surface area contributed by atoms with Crippen molar-refractivity contribution in [3.63, 3.8) is 0 Å². The van der Waals surface area contributed by atoms with Crippen molar-refractivity contribution in [3.8, 4) is 11.5 Å². The van der Waals surface area contributed by atoms with Crippen LogP contribution in [-0.2, 0) is 6.61 Å². The van der Waals surface area contributed by atoms with Crippen LogP contribution in [0.3, 0.4) is 0 Å². The van der Waals surface area contributed by atoms with Crippen LogP contribution in [0.2, 0.25) is 0 Å². The van der Waals surface area contributed by atoms with Gasteiger partial charge in [-0.15, -0.1) is 0 Å². The SMILES string of the molecule is COc1cccc(OCc2ccccc2)c1C(c1ccc(C)cc1)c1ccc(C)cc1. The Morgan fingerprint density at radius 3 is 1.71 bits per heavy atom. The fourth-order valence-electron chi connectivity index (χ4n) is 3.89. The fourth-order valence-corrected chi connectivity index (χ4v) is 3.89. The smallest absolute Gasteiger partial charge is 0.127 e. The van der Waals surface area contributed by atoms with Crippen molar-refractivity contribution in [1.82, 2.24) is 0 Å². The standard InChI is InChI=1S/C29H28O2/c1-21-12-16-24(17-13-21)28(25-18-14-22(2)15-19-25)29-26(30-3)10-7-11-27(29)31-20-23-8-5-4-6-9-23/h4-19,28H,20H2,1-3H3. The molecule has 4 aromatic carbocycles. The number of benzene rings is 4. The van der Waals surface area contributed by atoms with E-state index < -0.39 is 0 Å². The molecule has 156 valence electrons. The van der Waals surface area contributed by atoms with Crippen LogP contribution in [0.5, 0.6) is 11.5 Å². The quantitative estimate of drug-likeness (QED) is 0.304. The second kappa shape index (κ2) is 9.53. The van der Waals surface area contributed by atoms with Crippen molar-refractivity contribution in [2.24, 2.45) is 0 Å². The zero-order chi connectivity index (χ0) is 21.6. The molecule has 0 saturated heterocycles. The van der Waals surface area contributed by atoms with E-state index in [2.05, 4.69) is 74.5 Å². The van der Waals surface area contributed by atoms with Crippen LogP contribution >= 0.6 is 0 Å². The molecule has 0 atom stereocenters. The van der Waals surface area contributed by atoms with E-state index >= 15 is 0 Å². The maximum atomic E-state index is 6.36. The van der Waals surface area contributed by atoms with Crippen LogP contribution in [0.25, 0.3) is 0 Å². The highest BCUT2D eigenvalue weighted by Gasteiger charge is 2.25. The monoisotopic (exact) mass is 408 g/mol. The van der Waals surface area contributed by atoms with Gasteiger partial charge in [-0.2, -0.15) is 0 Å². The van der Waals surface area contributed by atoms with Crippen LogP contribution in [0, 0.1) is 13.8 Å². The van der Waals surface area contributed by atoms with Gasteiger partial charge in [0.25, 0.3) is 0 Å². The summed E-state index contributed by atoms with van der Waals surface area (Å²) in [6.07, 6.45) is 0. The van der Waals surface area contributed by atoms with E-state index in [1.165, 1.54) is 22.3 Å². The average Bonchev–Trinajstić information content (AvgIpc) is 2.81. The van der Waals surface area contributed by atoms with E-state index in [1.54, 1.807) is 7.11 Å². The van der Waals surface area contributed by atoms with Gasteiger partial charge in [-0.05, 0) is 42.7 Å². The molecule has 4 aromatic rings. The summed E-state index contributed by atoms with van der Waals surface area (Å²) in [4.78, 5) is 0. The first-order valence-electron chi connectivity index (χ1n) is 10.6. The van der Waals surface area contributed by atoms with E-state index in [9.17, 15) is 0 Å². The molecule has 0 fully saturated rings. The number of rotatable bonds is 7. The van der Waals surface area contributed by atoms with Crippen LogP contribution in [0.15, 0.2) is 97.1 Å². The molecule has 0 aliphatic carbocycles. The third-order valence-electron chi connectivity index (χ3n) is 5.59. The molecule has 0 aliphatic rings. The molecule has 2 nitrogen and oxygen atoms in total. The molecule has 0 aromatic heterocycles. The van der Waals surface area contributed by atoms with Crippen LogP contribution in [-0.4, -0.2) is 7.11 Å². The number of hydrogen-bond acceptors (Lipinski definition) is 2. The molecule has 0 radical (unpaired) electrons. The van der Waals surface area contributed by atoms with Gasteiger partial charge in [0.1, 0.15) is 18.1 Å². The maximum Gasteiger partial charge on any atom is 0.127 e. The highest BCUT2D eigenvalue weighted by Crippen LogP contribution is 2.43. The summed E-state index contributed by atoms with van der Waals surface area (Å²) in [6.45, 7) is 4.74. The first kappa shape index (κ1) is 20.7. The Bertz CT molecular complexity index is 1070. The lowest BCUT2D eigenvalue weighted by Crippen LogP contribution is -2.09.